The Balaban J connectivity index is 1.74. The molecule has 0 radical (unpaired) electrons. The van der Waals surface area contributed by atoms with Crippen molar-refractivity contribution in [3.8, 4) is 0 Å². The molecule has 98 valence electrons. The highest BCUT2D eigenvalue weighted by molar-refractivity contribution is 5.86. The molecule has 1 aromatic carbocycles. The fraction of sp³-hybridized carbons (Fsp3) is 0.500. The molecule has 0 aromatic heterocycles. The van der Waals surface area contributed by atoms with Gasteiger partial charge >= 0.3 is 0 Å². The van der Waals surface area contributed by atoms with Gasteiger partial charge in [0.2, 0.25) is 5.91 Å². The Kier molecular flexibility index (Phi) is 4.33. The number of hydrogen-bond donors (Lipinski definition) is 2. The van der Waals surface area contributed by atoms with Crippen molar-refractivity contribution in [2.24, 2.45) is 0 Å². The zero-order valence-corrected chi connectivity index (χ0v) is 10.6. The number of hydrogen-bond acceptors (Lipinski definition) is 3. The molecule has 2 rings (SSSR count). The van der Waals surface area contributed by atoms with Gasteiger partial charge in [-0.05, 0) is 24.0 Å². The molecule has 2 unspecified atom stereocenters. The van der Waals surface area contributed by atoms with Crippen molar-refractivity contribution in [2.75, 3.05) is 20.3 Å². The molecule has 1 aliphatic rings. The Morgan fingerprint density at radius 2 is 2.33 bits per heavy atom. The van der Waals surface area contributed by atoms with Crippen LogP contribution in [0.5, 0.6) is 0 Å². The number of aliphatic hydroxyl groups is 1. The molecule has 1 aromatic rings. The zero-order valence-electron chi connectivity index (χ0n) is 10.6. The van der Waals surface area contributed by atoms with Crippen molar-refractivity contribution in [3.05, 3.63) is 35.4 Å². The first-order valence-electron chi connectivity index (χ1n) is 6.25. The van der Waals surface area contributed by atoms with E-state index in [4.69, 9.17) is 4.74 Å². The van der Waals surface area contributed by atoms with Crippen molar-refractivity contribution >= 4 is 5.91 Å². The van der Waals surface area contributed by atoms with Crippen molar-refractivity contribution in [2.45, 2.75) is 24.9 Å². The monoisotopic (exact) mass is 249 g/mol. The molecule has 2 atom stereocenters. The van der Waals surface area contributed by atoms with Crippen LogP contribution in [0.15, 0.2) is 24.3 Å². The van der Waals surface area contributed by atoms with Crippen molar-refractivity contribution < 1.29 is 14.6 Å². The van der Waals surface area contributed by atoms with E-state index in [1.54, 1.807) is 7.11 Å². The highest BCUT2D eigenvalue weighted by Gasteiger charge is 2.31. The van der Waals surface area contributed by atoms with Gasteiger partial charge < -0.3 is 15.2 Å². The molecule has 0 spiro atoms. The summed E-state index contributed by atoms with van der Waals surface area (Å²) in [5, 5.41) is 12.3. The van der Waals surface area contributed by atoms with Crippen LogP contribution in [0.1, 0.15) is 23.5 Å². The van der Waals surface area contributed by atoms with Crippen LogP contribution < -0.4 is 5.32 Å². The second-order valence-corrected chi connectivity index (χ2v) is 4.64. The van der Waals surface area contributed by atoms with Crippen LogP contribution in [-0.2, 0) is 16.0 Å². The van der Waals surface area contributed by atoms with Crippen molar-refractivity contribution in [3.63, 3.8) is 0 Å². The van der Waals surface area contributed by atoms with E-state index in [2.05, 4.69) is 11.4 Å². The molecule has 1 amide bonds. The van der Waals surface area contributed by atoms with Gasteiger partial charge in [0.05, 0.1) is 18.6 Å². The first-order valence-corrected chi connectivity index (χ1v) is 6.25. The molecule has 0 bridgehead atoms. The molecule has 0 heterocycles. The number of rotatable bonds is 6. The first-order chi connectivity index (χ1) is 8.72. The van der Waals surface area contributed by atoms with Crippen LogP contribution in [0.25, 0.3) is 0 Å². The first kappa shape index (κ1) is 13.1. The fourth-order valence-electron chi connectivity index (χ4n) is 2.25. The summed E-state index contributed by atoms with van der Waals surface area (Å²) in [6.45, 7) is 0.796. The van der Waals surface area contributed by atoms with Gasteiger partial charge in [-0.25, -0.2) is 0 Å². The van der Waals surface area contributed by atoms with E-state index in [0.717, 1.165) is 12.0 Å². The summed E-state index contributed by atoms with van der Waals surface area (Å²) in [6, 6.07) is 8.01. The third-order valence-corrected chi connectivity index (χ3v) is 3.31. The number of fused-ring (bicyclic) bond motifs is 1. The van der Waals surface area contributed by atoms with Gasteiger partial charge in [-0.3, -0.25) is 4.79 Å². The van der Waals surface area contributed by atoms with Gasteiger partial charge in [0.1, 0.15) is 0 Å². The summed E-state index contributed by atoms with van der Waals surface area (Å²) in [4.78, 5) is 11.9. The van der Waals surface area contributed by atoms with Crippen molar-refractivity contribution in [1.82, 2.24) is 5.32 Å². The number of carbonyl (C=O) groups excluding carboxylic acids is 1. The number of aliphatic hydroxyl groups excluding tert-OH is 1. The minimum Gasteiger partial charge on any atom is -0.391 e. The molecule has 0 fully saturated rings. The summed E-state index contributed by atoms with van der Waals surface area (Å²) in [6.07, 6.45) is 0.834. The summed E-state index contributed by atoms with van der Waals surface area (Å²) in [7, 11) is 1.55. The highest BCUT2D eigenvalue weighted by Crippen LogP contribution is 2.34. The molecule has 18 heavy (non-hydrogen) atoms. The predicted octanol–water partition coefficient (Wildman–Crippen LogP) is 0.840. The van der Waals surface area contributed by atoms with Crippen LogP contribution in [0.3, 0.4) is 0 Å². The average molecular weight is 249 g/mol. The molecule has 4 nitrogen and oxygen atoms in total. The minimum absolute atomic E-state index is 0.0132. The summed E-state index contributed by atoms with van der Waals surface area (Å²) >= 11 is 0. The number of nitrogens with one attached hydrogen (secondary N) is 1. The van der Waals surface area contributed by atoms with E-state index < -0.39 is 6.10 Å². The van der Waals surface area contributed by atoms with E-state index in [9.17, 15) is 9.90 Å². The maximum atomic E-state index is 11.9. The lowest BCUT2D eigenvalue weighted by atomic mass is 9.77. The third kappa shape index (κ3) is 2.89. The van der Waals surface area contributed by atoms with Crippen LogP contribution >= 0.6 is 0 Å². The van der Waals surface area contributed by atoms with E-state index in [0.29, 0.717) is 19.6 Å². The van der Waals surface area contributed by atoms with Gasteiger partial charge in [0.15, 0.2) is 0 Å². The quantitative estimate of drug-likeness (QED) is 0.785. The molecule has 2 N–H and O–H groups in total. The SMILES string of the molecule is COCC(O)CCNC(=O)C1Cc2ccccc21. The Labute approximate surface area is 107 Å². The van der Waals surface area contributed by atoms with E-state index in [-0.39, 0.29) is 11.8 Å². The lowest BCUT2D eigenvalue weighted by Gasteiger charge is -2.29. The lowest BCUT2D eigenvalue weighted by molar-refractivity contribution is -0.123. The topological polar surface area (TPSA) is 58.6 Å². The summed E-state index contributed by atoms with van der Waals surface area (Å²) in [5.74, 6) is 0.0408. The largest absolute Gasteiger partial charge is 0.391 e. The molecular formula is C14H19NO3. The molecule has 4 heteroatoms. The normalized spacial score (nSPS) is 18.7. The van der Waals surface area contributed by atoms with E-state index in [1.807, 2.05) is 18.2 Å². The molecule has 0 saturated heterocycles. The fourth-order valence-corrected chi connectivity index (χ4v) is 2.25. The molecular weight excluding hydrogens is 230 g/mol. The molecule has 0 saturated carbocycles. The van der Waals surface area contributed by atoms with E-state index >= 15 is 0 Å². The van der Waals surface area contributed by atoms with Gasteiger partial charge in [0, 0.05) is 13.7 Å². The highest BCUT2D eigenvalue weighted by atomic mass is 16.5. The summed E-state index contributed by atoms with van der Waals surface area (Å²) < 4.78 is 4.82. The second-order valence-electron chi connectivity index (χ2n) is 4.64. The van der Waals surface area contributed by atoms with Crippen LogP contribution in [0.4, 0.5) is 0 Å². The maximum Gasteiger partial charge on any atom is 0.227 e. The second kappa shape index (κ2) is 5.98. The third-order valence-electron chi connectivity index (χ3n) is 3.31. The molecule has 0 aliphatic heterocycles. The van der Waals surface area contributed by atoms with Gasteiger partial charge in [0.25, 0.3) is 0 Å². The van der Waals surface area contributed by atoms with E-state index in [1.165, 1.54) is 5.56 Å². The number of ether oxygens (including phenoxy) is 1. The maximum absolute atomic E-state index is 11.9. The summed E-state index contributed by atoms with van der Waals surface area (Å²) in [5.41, 5.74) is 2.39. The minimum atomic E-state index is -0.510. The number of benzene rings is 1. The Morgan fingerprint density at radius 3 is 3.06 bits per heavy atom. The zero-order chi connectivity index (χ0) is 13.0. The van der Waals surface area contributed by atoms with Crippen LogP contribution in [-0.4, -0.2) is 37.4 Å². The van der Waals surface area contributed by atoms with Gasteiger partial charge in [-0.15, -0.1) is 0 Å². The number of amides is 1. The van der Waals surface area contributed by atoms with Crippen molar-refractivity contribution in [1.29, 1.82) is 0 Å². The standard InChI is InChI=1S/C14H19NO3/c1-18-9-11(16)6-7-15-14(17)13-8-10-4-2-3-5-12(10)13/h2-5,11,13,16H,6-9H2,1H3,(H,15,17). The smallest absolute Gasteiger partial charge is 0.227 e. The number of carbonyl (C=O) groups is 1. The number of methoxy groups -OCH3 is 1. The Bertz CT molecular complexity index is 419. The average Bonchev–Trinajstić information content (AvgIpc) is 2.31. The Morgan fingerprint density at radius 1 is 1.56 bits per heavy atom. The predicted molar refractivity (Wildman–Crippen MR) is 68.4 cm³/mol. The van der Waals surface area contributed by atoms with Crippen LogP contribution in [0, 0.1) is 0 Å². The van der Waals surface area contributed by atoms with Gasteiger partial charge in [-0.1, -0.05) is 24.3 Å². The molecule has 1 aliphatic carbocycles. The van der Waals surface area contributed by atoms with Crippen LogP contribution in [0.2, 0.25) is 0 Å². The lowest BCUT2D eigenvalue weighted by Crippen LogP contribution is -2.37. The van der Waals surface area contributed by atoms with Gasteiger partial charge in [-0.2, -0.15) is 0 Å². The Hall–Kier alpha value is -1.39.